The topological polar surface area (TPSA) is 49.3 Å². The van der Waals surface area contributed by atoms with E-state index < -0.39 is 5.97 Å². The van der Waals surface area contributed by atoms with Crippen LogP contribution in [0.3, 0.4) is 0 Å². The molecule has 5 heteroatoms. The highest BCUT2D eigenvalue weighted by Gasteiger charge is 2.33. The number of aliphatic carboxylic acids is 1. The number of nitrogens with one attached hydrogen (secondary N) is 1. The van der Waals surface area contributed by atoms with Crippen molar-refractivity contribution in [1.29, 1.82) is 0 Å². The number of carboxylic acid groups (broad SMARTS) is 1. The SMILES string of the molecule is O=C(O)CC1SC(=S)NC1c1ccccc1. The van der Waals surface area contributed by atoms with Gasteiger partial charge in [0, 0.05) is 5.25 Å². The second kappa shape index (κ2) is 4.84. The average Bonchev–Trinajstić information content (AvgIpc) is 2.60. The lowest BCUT2D eigenvalue weighted by molar-refractivity contribution is -0.137. The van der Waals surface area contributed by atoms with Crippen LogP contribution in [-0.2, 0) is 4.79 Å². The number of thioether (sulfide) groups is 1. The maximum absolute atomic E-state index is 10.8. The summed E-state index contributed by atoms with van der Waals surface area (Å²) in [6.07, 6.45) is 0.122. The molecule has 16 heavy (non-hydrogen) atoms. The number of thiocarbonyl (C=S) groups is 1. The predicted molar refractivity (Wildman–Crippen MR) is 68.5 cm³/mol. The summed E-state index contributed by atoms with van der Waals surface area (Å²) in [5.74, 6) is -0.787. The fraction of sp³-hybridized carbons (Fsp3) is 0.273. The van der Waals surface area contributed by atoms with Gasteiger partial charge in [0.05, 0.1) is 12.5 Å². The Labute approximate surface area is 103 Å². The minimum atomic E-state index is -0.787. The molecule has 1 aromatic carbocycles. The van der Waals surface area contributed by atoms with Crippen LogP contribution >= 0.6 is 24.0 Å². The van der Waals surface area contributed by atoms with Crippen molar-refractivity contribution in [2.24, 2.45) is 0 Å². The summed E-state index contributed by atoms with van der Waals surface area (Å²) >= 11 is 6.52. The van der Waals surface area contributed by atoms with Crippen molar-refractivity contribution in [2.45, 2.75) is 17.7 Å². The van der Waals surface area contributed by atoms with Gasteiger partial charge in [0.1, 0.15) is 4.32 Å². The number of hydrogen-bond acceptors (Lipinski definition) is 3. The summed E-state index contributed by atoms with van der Waals surface area (Å²) in [5, 5.41) is 12.0. The zero-order valence-electron chi connectivity index (χ0n) is 8.42. The lowest BCUT2D eigenvalue weighted by Gasteiger charge is -2.16. The number of benzene rings is 1. The maximum atomic E-state index is 10.8. The van der Waals surface area contributed by atoms with E-state index in [1.165, 1.54) is 11.8 Å². The Bertz CT molecular complexity index is 408. The zero-order chi connectivity index (χ0) is 11.5. The summed E-state index contributed by atoms with van der Waals surface area (Å²) in [6.45, 7) is 0. The largest absolute Gasteiger partial charge is 0.481 e. The zero-order valence-corrected chi connectivity index (χ0v) is 10.1. The van der Waals surface area contributed by atoms with Gasteiger partial charge < -0.3 is 10.4 Å². The van der Waals surface area contributed by atoms with Crippen LogP contribution in [0.25, 0.3) is 0 Å². The van der Waals surface area contributed by atoms with Crippen LogP contribution in [0.1, 0.15) is 18.0 Å². The second-order valence-electron chi connectivity index (χ2n) is 3.57. The highest BCUT2D eigenvalue weighted by atomic mass is 32.2. The summed E-state index contributed by atoms with van der Waals surface area (Å²) in [7, 11) is 0. The van der Waals surface area contributed by atoms with Gasteiger partial charge in [-0.2, -0.15) is 0 Å². The smallest absolute Gasteiger partial charge is 0.304 e. The monoisotopic (exact) mass is 253 g/mol. The Hall–Kier alpha value is -1.07. The van der Waals surface area contributed by atoms with Crippen molar-refractivity contribution in [3.8, 4) is 0 Å². The third-order valence-corrected chi connectivity index (χ3v) is 3.92. The van der Waals surface area contributed by atoms with Crippen molar-refractivity contribution in [2.75, 3.05) is 0 Å². The molecule has 1 aromatic rings. The molecule has 1 aliphatic rings. The lowest BCUT2D eigenvalue weighted by Crippen LogP contribution is -2.23. The fourth-order valence-corrected chi connectivity index (χ4v) is 3.30. The van der Waals surface area contributed by atoms with Gasteiger partial charge in [-0.1, -0.05) is 54.3 Å². The molecule has 0 radical (unpaired) electrons. The Kier molecular flexibility index (Phi) is 3.46. The molecule has 0 aromatic heterocycles. The molecule has 1 heterocycles. The van der Waals surface area contributed by atoms with E-state index in [-0.39, 0.29) is 17.7 Å². The normalized spacial score (nSPS) is 24.1. The third kappa shape index (κ3) is 2.54. The van der Waals surface area contributed by atoms with Gasteiger partial charge >= 0.3 is 5.97 Å². The number of carbonyl (C=O) groups is 1. The van der Waals surface area contributed by atoms with Crippen LogP contribution < -0.4 is 5.32 Å². The number of carboxylic acids is 1. The van der Waals surface area contributed by atoms with Gasteiger partial charge in [-0.25, -0.2) is 0 Å². The Morgan fingerprint density at radius 3 is 2.75 bits per heavy atom. The standard InChI is InChI=1S/C11H11NO2S2/c13-9(14)6-8-10(12-11(15)16-8)7-4-2-1-3-5-7/h1-5,8,10H,6H2,(H,12,15)(H,13,14). The van der Waals surface area contributed by atoms with Crippen molar-refractivity contribution < 1.29 is 9.90 Å². The molecule has 2 atom stereocenters. The summed E-state index contributed by atoms with van der Waals surface area (Å²) < 4.78 is 0.681. The third-order valence-electron chi connectivity index (χ3n) is 2.44. The van der Waals surface area contributed by atoms with Crippen molar-refractivity contribution in [1.82, 2.24) is 5.32 Å². The van der Waals surface area contributed by atoms with Crippen LogP contribution in [-0.4, -0.2) is 20.6 Å². The minimum absolute atomic E-state index is 0.00907. The van der Waals surface area contributed by atoms with E-state index >= 15 is 0 Å². The molecule has 1 fully saturated rings. The highest BCUT2D eigenvalue weighted by molar-refractivity contribution is 8.23. The first kappa shape index (κ1) is 11.4. The van der Waals surface area contributed by atoms with Gasteiger partial charge in [-0.05, 0) is 5.56 Å². The molecular weight excluding hydrogens is 242 g/mol. The number of rotatable bonds is 3. The lowest BCUT2D eigenvalue weighted by atomic mass is 10.0. The first-order chi connectivity index (χ1) is 7.66. The van der Waals surface area contributed by atoms with Crippen molar-refractivity contribution >= 4 is 34.3 Å². The van der Waals surface area contributed by atoms with E-state index in [0.717, 1.165) is 5.56 Å². The van der Waals surface area contributed by atoms with E-state index in [2.05, 4.69) is 5.32 Å². The number of hydrogen-bond donors (Lipinski definition) is 2. The predicted octanol–water partition coefficient (Wildman–Crippen LogP) is 2.19. The summed E-state index contributed by atoms with van der Waals surface area (Å²) in [4.78, 5) is 10.8. The van der Waals surface area contributed by atoms with Gasteiger partial charge in [0.15, 0.2) is 0 Å². The maximum Gasteiger partial charge on any atom is 0.304 e. The Balaban J connectivity index is 2.19. The van der Waals surface area contributed by atoms with E-state index in [4.69, 9.17) is 17.3 Å². The van der Waals surface area contributed by atoms with Crippen LogP contribution in [0.2, 0.25) is 0 Å². The first-order valence-corrected chi connectivity index (χ1v) is 6.19. The molecule has 2 rings (SSSR count). The molecule has 2 unspecified atom stereocenters. The van der Waals surface area contributed by atoms with Crippen LogP contribution in [0.4, 0.5) is 0 Å². The van der Waals surface area contributed by atoms with Crippen LogP contribution in [0.5, 0.6) is 0 Å². The molecule has 0 bridgehead atoms. The highest BCUT2D eigenvalue weighted by Crippen LogP contribution is 2.35. The Morgan fingerprint density at radius 2 is 2.12 bits per heavy atom. The molecule has 0 spiro atoms. The van der Waals surface area contributed by atoms with E-state index in [1.807, 2.05) is 30.3 Å². The fourth-order valence-electron chi connectivity index (χ4n) is 1.75. The summed E-state index contributed by atoms with van der Waals surface area (Å²) in [5.41, 5.74) is 1.08. The Morgan fingerprint density at radius 1 is 1.44 bits per heavy atom. The van der Waals surface area contributed by atoms with Crippen molar-refractivity contribution in [3.63, 3.8) is 0 Å². The van der Waals surface area contributed by atoms with Crippen LogP contribution in [0.15, 0.2) is 30.3 Å². The molecule has 0 saturated carbocycles. The molecule has 1 aliphatic heterocycles. The molecule has 84 valence electrons. The molecule has 0 amide bonds. The molecule has 0 aliphatic carbocycles. The van der Waals surface area contributed by atoms with E-state index in [1.54, 1.807) is 0 Å². The van der Waals surface area contributed by atoms with Crippen LogP contribution in [0, 0.1) is 0 Å². The van der Waals surface area contributed by atoms with Gasteiger partial charge in [-0.15, -0.1) is 0 Å². The second-order valence-corrected chi connectivity index (χ2v) is 5.49. The van der Waals surface area contributed by atoms with Gasteiger partial charge in [0.2, 0.25) is 0 Å². The minimum Gasteiger partial charge on any atom is -0.481 e. The first-order valence-electron chi connectivity index (χ1n) is 4.90. The van der Waals surface area contributed by atoms with E-state index in [9.17, 15) is 4.79 Å². The quantitative estimate of drug-likeness (QED) is 0.809. The molecule has 2 N–H and O–H groups in total. The van der Waals surface area contributed by atoms with E-state index in [0.29, 0.717) is 4.32 Å². The van der Waals surface area contributed by atoms with Crippen molar-refractivity contribution in [3.05, 3.63) is 35.9 Å². The van der Waals surface area contributed by atoms with Gasteiger partial charge in [-0.3, -0.25) is 4.79 Å². The molecular formula is C11H11NO2S2. The molecule has 3 nitrogen and oxygen atoms in total. The van der Waals surface area contributed by atoms with Gasteiger partial charge in [0.25, 0.3) is 0 Å². The summed E-state index contributed by atoms with van der Waals surface area (Å²) in [6, 6.07) is 9.81. The molecule has 1 saturated heterocycles. The average molecular weight is 253 g/mol.